The number of nitrogens with one attached hydrogen (secondary N) is 1. The van der Waals surface area contributed by atoms with Gasteiger partial charge in [-0.05, 0) is 18.6 Å². The number of thioether (sulfide) groups is 1. The Labute approximate surface area is 86.8 Å². The van der Waals surface area contributed by atoms with Crippen molar-refractivity contribution in [3.63, 3.8) is 0 Å². The second-order valence-corrected chi connectivity index (χ2v) is 4.85. The summed E-state index contributed by atoms with van der Waals surface area (Å²) in [5, 5.41) is 3.41. The molecule has 0 aromatic carbocycles. The van der Waals surface area contributed by atoms with Crippen molar-refractivity contribution in [1.29, 1.82) is 0 Å². The molecule has 2 nitrogen and oxygen atoms in total. The van der Waals surface area contributed by atoms with Gasteiger partial charge in [0.2, 0.25) is 0 Å². The van der Waals surface area contributed by atoms with Crippen molar-refractivity contribution in [3.8, 4) is 0 Å². The Morgan fingerprint density at radius 1 is 1.23 bits per heavy atom. The first kappa shape index (κ1) is 13.3. The van der Waals surface area contributed by atoms with Gasteiger partial charge in [-0.25, -0.2) is 0 Å². The zero-order valence-electron chi connectivity index (χ0n) is 9.30. The topological polar surface area (TPSA) is 21.3 Å². The fraction of sp³-hybridized carbons (Fsp3) is 1.00. The molecule has 80 valence electrons. The van der Waals surface area contributed by atoms with Gasteiger partial charge in [0.1, 0.15) is 0 Å². The summed E-state index contributed by atoms with van der Waals surface area (Å²) in [5.41, 5.74) is 0. The normalized spacial score (nSPS) is 13.6. The maximum absolute atomic E-state index is 4.97. The first-order valence-electron chi connectivity index (χ1n) is 4.97. The summed E-state index contributed by atoms with van der Waals surface area (Å²) < 4.78 is 4.97. The van der Waals surface area contributed by atoms with Crippen molar-refractivity contribution in [2.75, 3.05) is 31.8 Å². The first-order chi connectivity index (χ1) is 6.16. The van der Waals surface area contributed by atoms with Gasteiger partial charge in [-0.1, -0.05) is 13.8 Å². The van der Waals surface area contributed by atoms with Gasteiger partial charge in [-0.3, -0.25) is 0 Å². The Morgan fingerprint density at radius 3 is 2.46 bits per heavy atom. The van der Waals surface area contributed by atoms with Crippen molar-refractivity contribution < 1.29 is 4.74 Å². The van der Waals surface area contributed by atoms with Crippen LogP contribution in [0.3, 0.4) is 0 Å². The van der Waals surface area contributed by atoms with E-state index in [1.165, 1.54) is 11.5 Å². The van der Waals surface area contributed by atoms with E-state index < -0.39 is 0 Å². The first-order valence-corrected chi connectivity index (χ1v) is 6.12. The van der Waals surface area contributed by atoms with Crippen LogP contribution >= 0.6 is 11.8 Å². The lowest BCUT2D eigenvalue weighted by atomic mass is 10.3. The third-order valence-electron chi connectivity index (χ3n) is 1.62. The minimum Gasteiger partial charge on any atom is -0.383 e. The average molecular weight is 205 g/mol. The highest BCUT2D eigenvalue weighted by Gasteiger charge is 2.01. The molecule has 0 aliphatic heterocycles. The minimum absolute atomic E-state index is 0.596. The largest absolute Gasteiger partial charge is 0.383 e. The maximum Gasteiger partial charge on any atom is 0.0587 e. The molecule has 0 rings (SSSR count). The molecule has 0 aromatic heterocycles. The number of hydrogen-bond acceptors (Lipinski definition) is 3. The SMILES string of the molecule is COCCNC(C)CSCC(C)C. The van der Waals surface area contributed by atoms with E-state index in [1.807, 2.05) is 11.8 Å². The van der Waals surface area contributed by atoms with Crippen molar-refractivity contribution in [1.82, 2.24) is 5.32 Å². The summed E-state index contributed by atoms with van der Waals surface area (Å²) in [6.07, 6.45) is 0. The van der Waals surface area contributed by atoms with Crippen LogP contribution in [0.4, 0.5) is 0 Å². The van der Waals surface area contributed by atoms with Gasteiger partial charge in [-0.15, -0.1) is 0 Å². The van der Waals surface area contributed by atoms with E-state index >= 15 is 0 Å². The van der Waals surface area contributed by atoms with E-state index in [2.05, 4.69) is 26.1 Å². The fourth-order valence-corrected chi connectivity index (χ4v) is 2.03. The molecule has 0 bridgehead atoms. The van der Waals surface area contributed by atoms with Crippen LogP contribution < -0.4 is 5.32 Å². The van der Waals surface area contributed by atoms with E-state index in [-0.39, 0.29) is 0 Å². The number of rotatable bonds is 8. The predicted molar refractivity (Wildman–Crippen MR) is 61.5 cm³/mol. The summed E-state index contributed by atoms with van der Waals surface area (Å²) in [6.45, 7) is 8.51. The fourth-order valence-electron chi connectivity index (χ4n) is 0.947. The molecular formula is C10H23NOS. The van der Waals surface area contributed by atoms with Crippen LogP contribution in [0.25, 0.3) is 0 Å². The quantitative estimate of drug-likeness (QED) is 0.612. The molecule has 0 aliphatic carbocycles. The van der Waals surface area contributed by atoms with Gasteiger partial charge >= 0.3 is 0 Å². The highest BCUT2D eigenvalue weighted by Crippen LogP contribution is 2.08. The molecule has 0 saturated carbocycles. The van der Waals surface area contributed by atoms with Crippen LogP contribution in [0.1, 0.15) is 20.8 Å². The highest BCUT2D eigenvalue weighted by molar-refractivity contribution is 7.99. The van der Waals surface area contributed by atoms with Gasteiger partial charge < -0.3 is 10.1 Å². The zero-order valence-corrected chi connectivity index (χ0v) is 10.1. The Morgan fingerprint density at radius 2 is 1.92 bits per heavy atom. The molecule has 0 radical (unpaired) electrons. The molecule has 0 aromatic rings. The Bertz CT molecular complexity index is 109. The van der Waals surface area contributed by atoms with Gasteiger partial charge in [0.05, 0.1) is 6.61 Å². The molecule has 0 spiro atoms. The van der Waals surface area contributed by atoms with Crippen LogP contribution in [-0.4, -0.2) is 37.8 Å². The van der Waals surface area contributed by atoms with E-state index in [4.69, 9.17) is 4.74 Å². The Kier molecular flexibility index (Phi) is 9.03. The van der Waals surface area contributed by atoms with Gasteiger partial charge in [0.25, 0.3) is 0 Å². The number of ether oxygens (including phenoxy) is 1. The van der Waals surface area contributed by atoms with Crippen molar-refractivity contribution >= 4 is 11.8 Å². The van der Waals surface area contributed by atoms with Crippen LogP contribution in [0.15, 0.2) is 0 Å². The van der Waals surface area contributed by atoms with Crippen LogP contribution in [0, 0.1) is 5.92 Å². The molecule has 0 heterocycles. The summed E-state index contributed by atoms with van der Waals surface area (Å²) in [4.78, 5) is 0. The van der Waals surface area contributed by atoms with Crippen molar-refractivity contribution in [2.24, 2.45) is 5.92 Å². The van der Waals surface area contributed by atoms with Gasteiger partial charge in [0.15, 0.2) is 0 Å². The summed E-state index contributed by atoms with van der Waals surface area (Å²) in [5.74, 6) is 3.26. The highest BCUT2D eigenvalue weighted by atomic mass is 32.2. The van der Waals surface area contributed by atoms with E-state index in [0.717, 1.165) is 19.1 Å². The zero-order chi connectivity index (χ0) is 10.1. The lowest BCUT2D eigenvalue weighted by Gasteiger charge is -2.13. The smallest absolute Gasteiger partial charge is 0.0587 e. The van der Waals surface area contributed by atoms with E-state index in [1.54, 1.807) is 7.11 Å². The van der Waals surface area contributed by atoms with Crippen molar-refractivity contribution in [2.45, 2.75) is 26.8 Å². The molecule has 0 saturated heterocycles. The third kappa shape index (κ3) is 10.2. The maximum atomic E-state index is 4.97. The summed E-state index contributed by atoms with van der Waals surface area (Å²) in [6, 6.07) is 0.596. The molecule has 1 N–H and O–H groups in total. The van der Waals surface area contributed by atoms with Crippen LogP contribution in [-0.2, 0) is 4.74 Å². The average Bonchev–Trinajstić information content (AvgIpc) is 2.04. The van der Waals surface area contributed by atoms with Gasteiger partial charge in [0, 0.05) is 25.4 Å². The second kappa shape index (κ2) is 8.85. The van der Waals surface area contributed by atoms with Crippen LogP contribution in [0.2, 0.25) is 0 Å². The van der Waals surface area contributed by atoms with Crippen molar-refractivity contribution in [3.05, 3.63) is 0 Å². The molecule has 0 fully saturated rings. The lowest BCUT2D eigenvalue weighted by molar-refractivity contribution is 0.197. The number of methoxy groups -OCH3 is 1. The number of hydrogen-bond donors (Lipinski definition) is 1. The second-order valence-electron chi connectivity index (χ2n) is 3.78. The van der Waals surface area contributed by atoms with E-state index in [9.17, 15) is 0 Å². The minimum atomic E-state index is 0.596. The molecule has 1 unspecified atom stereocenters. The molecule has 13 heavy (non-hydrogen) atoms. The van der Waals surface area contributed by atoms with Crippen LogP contribution in [0.5, 0.6) is 0 Å². The van der Waals surface area contributed by atoms with E-state index in [0.29, 0.717) is 6.04 Å². The standard InChI is InChI=1S/C10H23NOS/c1-9(2)7-13-8-10(3)11-5-6-12-4/h9-11H,5-8H2,1-4H3. The Balaban J connectivity index is 3.15. The molecule has 1 atom stereocenters. The van der Waals surface area contributed by atoms with Gasteiger partial charge in [-0.2, -0.15) is 11.8 Å². The Hall–Kier alpha value is 0.270. The monoisotopic (exact) mass is 205 g/mol. The molecule has 0 aliphatic rings. The molecule has 3 heteroatoms. The lowest BCUT2D eigenvalue weighted by Crippen LogP contribution is -2.31. The molecular weight excluding hydrogens is 182 g/mol. The molecule has 0 amide bonds. The predicted octanol–water partition coefficient (Wildman–Crippen LogP) is 2.00. The third-order valence-corrected chi connectivity index (χ3v) is 3.26. The summed E-state index contributed by atoms with van der Waals surface area (Å²) in [7, 11) is 1.74. The summed E-state index contributed by atoms with van der Waals surface area (Å²) >= 11 is 2.02.